The van der Waals surface area contributed by atoms with Crippen molar-refractivity contribution < 1.29 is 26.7 Å². The van der Waals surface area contributed by atoms with Gasteiger partial charge in [-0.3, -0.25) is 0 Å². The minimum absolute atomic E-state index is 0.0578. The molecular formula is C28H35F5O. The standard InChI is InChI=1S/C28H35F5O/c1-2-3-4-5-6-7-18-8-9-20-15-21(11-10-19(20)14-18)22-12-13-24-23(16-22)17-25(29)27(26(24)30)34-28(31,32)33/h12-13,16-21H,2-11,14-15H2,1H3. The van der Waals surface area contributed by atoms with E-state index in [0.717, 1.165) is 36.3 Å². The molecule has 4 unspecified atom stereocenters. The Labute approximate surface area is 199 Å². The van der Waals surface area contributed by atoms with Crippen molar-refractivity contribution >= 4 is 10.8 Å². The Morgan fingerprint density at radius 3 is 2.38 bits per heavy atom. The molecule has 0 saturated heterocycles. The summed E-state index contributed by atoms with van der Waals surface area (Å²) in [5.41, 5.74) is 1.02. The zero-order valence-electron chi connectivity index (χ0n) is 19.9. The fourth-order valence-corrected chi connectivity index (χ4v) is 6.38. The van der Waals surface area contributed by atoms with Crippen LogP contribution in [-0.2, 0) is 0 Å². The summed E-state index contributed by atoms with van der Waals surface area (Å²) >= 11 is 0. The van der Waals surface area contributed by atoms with Gasteiger partial charge in [0.05, 0.1) is 0 Å². The molecule has 2 aliphatic rings. The van der Waals surface area contributed by atoms with E-state index in [9.17, 15) is 22.0 Å². The lowest BCUT2D eigenvalue weighted by Gasteiger charge is -2.42. The number of alkyl halides is 3. The van der Waals surface area contributed by atoms with Crippen molar-refractivity contribution in [1.29, 1.82) is 0 Å². The van der Waals surface area contributed by atoms with Gasteiger partial charge in [-0.05, 0) is 72.8 Å². The van der Waals surface area contributed by atoms with E-state index in [0.29, 0.717) is 11.8 Å². The number of benzene rings is 2. The van der Waals surface area contributed by atoms with Crippen molar-refractivity contribution in [2.24, 2.45) is 17.8 Å². The molecule has 0 N–H and O–H groups in total. The summed E-state index contributed by atoms with van der Waals surface area (Å²) in [6.07, 6.45) is 10.1. The van der Waals surface area contributed by atoms with Crippen molar-refractivity contribution in [2.75, 3.05) is 0 Å². The second-order valence-corrected chi connectivity index (χ2v) is 10.4. The lowest BCUT2D eigenvalue weighted by atomic mass is 9.63. The quantitative estimate of drug-likeness (QED) is 0.269. The van der Waals surface area contributed by atoms with Crippen molar-refractivity contribution in [3.63, 3.8) is 0 Å². The number of hydrogen-bond acceptors (Lipinski definition) is 1. The minimum Gasteiger partial charge on any atom is -0.399 e. The molecule has 2 saturated carbocycles. The first-order valence-electron chi connectivity index (χ1n) is 12.9. The van der Waals surface area contributed by atoms with Gasteiger partial charge in [0.1, 0.15) is 0 Å². The Hall–Kier alpha value is -1.85. The average Bonchev–Trinajstić information content (AvgIpc) is 2.80. The van der Waals surface area contributed by atoms with Crippen LogP contribution < -0.4 is 4.74 Å². The average molecular weight is 483 g/mol. The van der Waals surface area contributed by atoms with E-state index in [4.69, 9.17) is 0 Å². The fraction of sp³-hybridized carbons (Fsp3) is 0.643. The summed E-state index contributed by atoms with van der Waals surface area (Å²) in [6.45, 7) is 2.25. The third kappa shape index (κ3) is 6.04. The van der Waals surface area contributed by atoms with Crippen molar-refractivity contribution in [2.45, 2.75) is 96.3 Å². The Balaban J connectivity index is 1.39. The summed E-state index contributed by atoms with van der Waals surface area (Å²) in [7, 11) is 0. The van der Waals surface area contributed by atoms with Crippen LogP contribution in [0.3, 0.4) is 0 Å². The molecule has 4 rings (SSSR count). The van der Waals surface area contributed by atoms with Gasteiger partial charge in [-0.2, -0.15) is 0 Å². The number of hydrogen-bond donors (Lipinski definition) is 0. The lowest BCUT2D eigenvalue weighted by Crippen LogP contribution is -2.30. The fourth-order valence-electron chi connectivity index (χ4n) is 6.38. The van der Waals surface area contributed by atoms with Crippen molar-refractivity contribution in [1.82, 2.24) is 0 Å². The van der Waals surface area contributed by atoms with E-state index in [1.165, 1.54) is 70.3 Å². The Bertz CT molecular complexity index is 969. The van der Waals surface area contributed by atoms with Gasteiger partial charge in [0.25, 0.3) is 0 Å². The molecule has 2 aliphatic carbocycles. The number of fused-ring (bicyclic) bond motifs is 2. The molecular weight excluding hydrogens is 447 g/mol. The van der Waals surface area contributed by atoms with Gasteiger partial charge in [0.15, 0.2) is 11.6 Å². The molecule has 0 bridgehead atoms. The van der Waals surface area contributed by atoms with E-state index in [2.05, 4.69) is 11.7 Å². The number of rotatable bonds is 8. The second-order valence-electron chi connectivity index (χ2n) is 10.4. The van der Waals surface area contributed by atoms with Crippen LogP contribution in [0.2, 0.25) is 0 Å². The summed E-state index contributed by atoms with van der Waals surface area (Å²) in [5.74, 6) is -1.38. The molecule has 2 fully saturated rings. The predicted molar refractivity (Wildman–Crippen MR) is 125 cm³/mol. The zero-order valence-corrected chi connectivity index (χ0v) is 19.9. The van der Waals surface area contributed by atoms with Gasteiger partial charge >= 0.3 is 6.36 Å². The molecule has 1 nitrogen and oxygen atoms in total. The first kappa shape index (κ1) is 25.2. The first-order chi connectivity index (χ1) is 16.2. The highest BCUT2D eigenvalue weighted by atomic mass is 19.4. The second kappa shape index (κ2) is 10.8. The molecule has 2 aromatic carbocycles. The topological polar surface area (TPSA) is 9.23 Å². The SMILES string of the molecule is CCCCCCCC1CCC2CC(c3ccc4c(F)c(OC(F)(F)F)c(F)cc4c3)CCC2C1. The van der Waals surface area contributed by atoms with E-state index >= 15 is 0 Å². The minimum atomic E-state index is -5.15. The van der Waals surface area contributed by atoms with E-state index in [1.807, 2.05) is 0 Å². The summed E-state index contributed by atoms with van der Waals surface area (Å²) in [5, 5.41) is 0.216. The molecule has 0 aromatic heterocycles. The lowest BCUT2D eigenvalue weighted by molar-refractivity contribution is -0.276. The van der Waals surface area contributed by atoms with Gasteiger partial charge < -0.3 is 4.74 Å². The van der Waals surface area contributed by atoms with Crippen LogP contribution in [0.25, 0.3) is 10.8 Å². The van der Waals surface area contributed by atoms with E-state index < -0.39 is 23.7 Å². The van der Waals surface area contributed by atoms with Gasteiger partial charge in [0, 0.05) is 5.39 Å². The third-order valence-corrected chi connectivity index (χ3v) is 8.14. The number of ether oxygens (including phenoxy) is 1. The number of halogens is 5. The van der Waals surface area contributed by atoms with Gasteiger partial charge in [-0.25, -0.2) is 8.78 Å². The molecule has 2 aromatic rings. The molecule has 0 heterocycles. The Morgan fingerprint density at radius 2 is 1.62 bits per heavy atom. The van der Waals surface area contributed by atoms with Gasteiger partial charge in [-0.15, -0.1) is 13.2 Å². The molecule has 4 atom stereocenters. The molecule has 188 valence electrons. The molecule has 0 amide bonds. The monoisotopic (exact) mass is 482 g/mol. The summed E-state index contributed by atoms with van der Waals surface area (Å²) < 4.78 is 69.9. The van der Waals surface area contributed by atoms with E-state index in [-0.39, 0.29) is 10.8 Å². The molecule has 0 spiro atoms. The van der Waals surface area contributed by atoms with Crippen LogP contribution >= 0.6 is 0 Å². The maximum Gasteiger partial charge on any atom is 0.573 e. The van der Waals surface area contributed by atoms with Crippen LogP contribution in [0.1, 0.15) is 95.5 Å². The van der Waals surface area contributed by atoms with Crippen LogP contribution in [0.15, 0.2) is 24.3 Å². The normalized spacial score (nSPS) is 25.4. The third-order valence-electron chi connectivity index (χ3n) is 8.14. The highest BCUT2D eigenvalue weighted by molar-refractivity contribution is 5.85. The summed E-state index contributed by atoms with van der Waals surface area (Å²) in [4.78, 5) is 0. The number of unbranched alkanes of at least 4 members (excludes halogenated alkanes) is 4. The Morgan fingerprint density at radius 1 is 0.882 bits per heavy atom. The first-order valence-corrected chi connectivity index (χ1v) is 12.9. The van der Waals surface area contributed by atoms with E-state index in [1.54, 1.807) is 12.1 Å². The zero-order chi connectivity index (χ0) is 24.3. The van der Waals surface area contributed by atoms with Crippen LogP contribution in [0, 0.1) is 29.4 Å². The highest BCUT2D eigenvalue weighted by Gasteiger charge is 2.37. The largest absolute Gasteiger partial charge is 0.573 e. The van der Waals surface area contributed by atoms with Crippen LogP contribution in [-0.4, -0.2) is 6.36 Å². The van der Waals surface area contributed by atoms with Gasteiger partial charge in [-0.1, -0.05) is 70.1 Å². The molecule has 0 radical (unpaired) electrons. The predicted octanol–water partition coefficient (Wildman–Crippen LogP) is 9.68. The maximum absolute atomic E-state index is 14.6. The van der Waals surface area contributed by atoms with Crippen molar-refractivity contribution in [3.05, 3.63) is 41.5 Å². The Kier molecular flexibility index (Phi) is 8.04. The van der Waals surface area contributed by atoms with Gasteiger partial charge in [0.2, 0.25) is 5.75 Å². The maximum atomic E-state index is 14.6. The summed E-state index contributed by atoms with van der Waals surface area (Å²) in [6, 6.07) is 5.93. The molecule has 0 aliphatic heterocycles. The van der Waals surface area contributed by atoms with Crippen LogP contribution in [0.4, 0.5) is 22.0 Å². The molecule has 34 heavy (non-hydrogen) atoms. The highest BCUT2D eigenvalue weighted by Crippen LogP contribution is 2.49. The molecule has 6 heteroatoms. The smallest absolute Gasteiger partial charge is 0.399 e. The van der Waals surface area contributed by atoms with Crippen LogP contribution in [0.5, 0.6) is 5.75 Å². The van der Waals surface area contributed by atoms with Crippen molar-refractivity contribution in [3.8, 4) is 5.75 Å².